The van der Waals surface area contributed by atoms with Crippen LogP contribution in [0.15, 0.2) is 24.5 Å². The van der Waals surface area contributed by atoms with E-state index in [1.165, 1.54) is 23.2 Å². The summed E-state index contributed by atoms with van der Waals surface area (Å²) in [5.41, 5.74) is 0.228. The number of aromatic carboxylic acids is 1. The average Bonchev–Trinajstić information content (AvgIpc) is 2.96. The Bertz CT molecular complexity index is 652. The summed E-state index contributed by atoms with van der Waals surface area (Å²) in [6.45, 7) is 3.91. The number of aromatic nitrogens is 2. The number of thiazole rings is 1. The number of hydrogen-bond acceptors (Lipinski definition) is 5. The summed E-state index contributed by atoms with van der Waals surface area (Å²) in [5.74, 6) is -1.43. The lowest BCUT2D eigenvalue weighted by Gasteiger charge is -2.11. The highest BCUT2D eigenvalue weighted by atomic mass is 32.1. The second kappa shape index (κ2) is 6.45. The normalized spacial score (nSPS) is 11.9. The van der Waals surface area contributed by atoms with Gasteiger partial charge in [-0.3, -0.25) is 4.79 Å². The van der Waals surface area contributed by atoms with Gasteiger partial charge >= 0.3 is 5.97 Å². The van der Waals surface area contributed by atoms with Crippen LogP contribution in [0.3, 0.4) is 0 Å². The summed E-state index contributed by atoms with van der Waals surface area (Å²) >= 11 is 1.57. The van der Waals surface area contributed by atoms with Gasteiger partial charge in [0.05, 0.1) is 11.6 Å². The minimum absolute atomic E-state index is 0.0906. The van der Waals surface area contributed by atoms with Crippen molar-refractivity contribution in [3.8, 4) is 0 Å². The largest absolute Gasteiger partial charge is 0.477 e. The Morgan fingerprint density at radius 3 is 2.62 bits per heavy atom. The van der Waals surface area contributed by atoms with Crippen LogP contribution in [-0.4, -0.2) is 27.0 Å². The van der Waals surface area contributed by atoms with E-state index in [1.54, 1.807) is 11.3 Å². The molecule has 0 saturated carbocycles. The van der Waals surface area contributed by atoms with E-state index in [0.717, 1.165) is 11.4 Å². The number of hydrogen-bond donors (Lipinski definition) is 2. The molecule has 1 amide bonds. The van der Waals surface area contributed by atoms with Crippen molar-refractivity contribution in [1.82, 2.24) is 15.3 Å². The molecular weight excluding hydrogens is 290 g/mol. The predicted octanol–water partition coefficient (Wildman–Crippen LogP) is 2.29. The molecule has 0 radical (unpaired) electrons. The third-order valence-electron chi connectivity index (χ3n) is 2.88. The second-order valence-electron chi connectivity index (χ2n) is 4.45. The fourth-order valence-corrected chi connectivity index (χ4v) is 2.54. The number of carbonyl (C=O) groups excluding carboxylic acids is 1. The number of carboxylic acid groups (broad SMARTS) is 1. The Morgan fingerprint density at radius 2 is 2.10 bits per heavy atom. The number of pyridine rings is 1. The van der Waals surface area contributed by atoms with Crippen molar-refractivity contribution < 1.29 is 14.7 Å². The van der Waals surface area contributed by atoms with Crippen LogP contribution < -0.4 is 5.32 Å². The molecule has 0 bridgehead atoms. The monoisotopic (exact) mass is 305 g/mol. The van der Waals surface area contributed by atoms with Crippen molar-refractivity contribution >= 4 is 23.2 Å². The predicted molar refractivity (Wildman–Crippen MR) is 78.6 cm³/mol. The van der Waals surface area contributed by atoms with E-state index >= 15 is 0 Å². The summed E-state index contributed by atoms with van der Waals surface area (Å²) in [7, 11) is 0. The van der Waals surface area contributed by atoms with E-state index in [9.17, 15) is 9.59 Å². The molecule has 1 atom stereocenters. The first-order valence-electron chi connectivity index (χ1n) is 6.46. The molecule has 110 valence electrons. The van der Waals surface area contributed by atoms with E-state index in [4.69, 9.17) is 5.11 Å². The molecule has 0 aliphatic rings. The smallest absolute Gasteiger partial charge is 0.354 e. The maximum absolute atomic E-state index is 12.1. The topological polar surface area (TPSA) is 92.2 Å². The van der Waals surface area contributed by atoms with Gasteiger partial charge in [-0.1, -0.05) is 6.92 Å². The first-order valence-corrected chi connectivity index (χ1v) is 7.27. The lowest BCUT2D eigenvalue weighted by molar-refractivity contribution is 0.0689. The van der Waals surface area contributed by atoms with Gasteiger partial charge in [0.1, 0.15) is 10.7 Å². The van der Waals surface area contributed by atoms with Crippen LogP contribution in [0, 0.1) is 0 Å². The van der Waals surface area contributed by atoms with Crippen LogP contribution in [0.5, 0.6) is 0 Å². The number of nitrogens with one attached hydrogen (secondary N) is 1. The van der Waals surface area contributed by atoms with E-state index in [-0.39, 0.29) is 17.6 Å². The quantitative estimate of drug-likeness (QED) is 0.884. The number of carboxylic acids is 1. The first kappa shape index (κ1) is 15.1. The first-order chi connectivity index (χ1) is 10.0. The van der Waals surface area contributed by atoms with Gasteiger partial charge in [0.2, 0.25) is 0 Å². The molecule has 2 aromatic heterocycles. The fraction of sp³-hybridized carbons (Fsp3) is 0.286. The number of aryl methyl sites for hydroxylation is 1. The van der Waals surface area contributed by atoms with E-state index in [1.807, 2.05) is 13.1 Å². The average molecular weight is 305 g/mol. The van der Waals surface area contributed by atoms with Gasteiger partial charge in [-0.25, -0.2) is 14.8 Å². The van der Waals surface area contributed by atoms with Crippen molar-refractivity contribution in [2.24, 2.45) is 0 Å². The van der Waals surface area contributed by atoms with Crippen LogP contribution in [0.1, 0.15) is 50.6 Å². The van der Waals surface area contributed by atoms with Crippen molar-refractivity contribution in [2.75, 3.05) is 0 Å². The maximum Gasteiger partial charge on any atom is 0.354 e. The summed E-state index contributed by atoms with van der Waals surface area (Å²) in [5, 5.41) is 12.4. The van der Waals surface area contributed by atoms with Crippen molar-refractivity contribution in [2.45, 2.75) is 26.3 Å². The van der Waals surface area contributed by atoms with Crippen LogP contribution in [0.2, 0.25) is 0 Å². The third kappa shape index (κ3) is 3.63. The molecule has 2 heterocycles. The minimum Gasteiger partial charge on any atom is -0.477 e. The molecular formula is C14H15N3O3S. The molecule has 7 heteroatoms. The molecule has 0 fully saturated rings. The molecule has 2 aromatic rings. The van der Waals surface area contributed by atoms with Crippen LogP contribution in [0.25, 0.3) is 0 Å². The van der Waals surface area contributed by atoms with Crippen molar-refractivity contribution in [3.05, 3.63) is 45.7 Å². The summed E-state index contributed by atoms with van der Waals surface area (Å²) < 4.78 is 0. The standard InChI is InChI=1S/C14H15N3O3S/c1-3-10-7-16-13(21-10)8(2)17-12(18)9-4-5-11(14(19)20)15-6-9/h4-8H,3H2,1-2H3,(H,17,18)(H,19,20). The van der Waals surface area contributed by atoms with Crippen LogP contribution in [-0.2, 0) is 6.42 Å². The highest BCUT2D eigenvalue weighted by Gasteiger charge is 2.15. The van der Waals surface area contributed by atoms with E-state index < -0.39 is 5.97 Å². The van der Waals surface area contributed by atoms with Crippen LogP contribution >= 0.6 is 11.3 Å². The van der Waals surface area contributed by atoms with E-state index in [2.05, 4.69) is 22.2 Å². The molecule has 0 aromatic carbocycles. The highest BCUT2D eigenvalue weighted by Crippen LogP contribution is 2.20. The molecule has 2 N–H and O–H groups in total. The van der Waals surface area contributed by atoms with Gasteiger partial charge in [0, 0.05) is 17.3 Å². The van der Waals surface area contributed by atoms with E-state index in [0.29, 0.717) is 5.56 Å². The molecule has 0 aliphatic carbocycles. The zero-order valence-electron chi connectivity index (χ0n) is 11.7. The van der Waals surface area contributed by atoms with Gasteiger partial charge in [-0.2, -0.15) is 0 Å². The summed E-state index contributed by atoms with van der Waals surface area (Å²) in [6.07, 6.45) is 3.98. The number of rotatable bonds is 5. The number of nitrogens with zero attached hydrogens (tertiary/aromatic N) is 2. The van der Waals surface area contributed by atoms with Crippen molar-refractivity contribution in [3.63, 3.8) is 0 Å². The Kier molecular flexibility index (Phi) is 4.64. The lowest BCUT2D eigenvalue weighted by Crippen LogP contribution is -2.26. The van der Waals surface area contributed by atoms with Gasteiger partial charge < -0.3 is 10.4 Å². The SMILES string of the molecule is CCc1cnc(C(C)NC(=O)c2ccc(C(=O)O)nc2)s1. The fourth-order valence-electron chi connectivity index (χ4n) is 1.68. The Balaban J connectivity index is 2.04. The zero-order valence-corrected chi connectivity index (χ0v) is 12.5. The molecule has 1 unspecified atom stereocenters. The van der Waals surface area contributed by atoms with Gasteiger partial charge in [0.15, 0.2) is 0 Å². The molecule has 21 heavy (non-hydrogen) atoms. The molecule has 2 rings (SSSR count). The highest BCUT2D eigenvalue weighted by molar-refractivity contribution is 7.11. The Hall–Kier alpha value is -2.28. The van der Waals surface area contributed by atoms with Crippen molar-refractivity contribution in [1.29, 1.82) is 0 Å². The zero-order chi connectivity index (χ0) is 15.4. The van der Waals surface area contributed by atoms with Crippen LogP contribution in [0.4, 0.5) is 0 Å². The third-order valence-corrected chi connectivity index (χ3v) is 4.21. The number of carbonyl (C=O) groups is 2. The Labute approximate surface area is 125 Å². The Morgan fingerprint density at radius 1 is 1.33 bits per heavy atom. The van der Waals surface area contributed by atoms with Gasteiger partial charge in [-0.05, 0) is 25.5 Å². The number of amides is 1. The summed E-state index contributed by atoms with van der Waals surface area (Å²) in [6, 6.07) is 2.54. The van der Waals surface area contributed by atoms with Gasteiger partial charge in [0.25, 0.3) is 5.91 Å². The summed E-state index contributed by atoms with van der Waals surface area (Å²) in [4.78, 5) is 31.9. The molecule has 0 aliphatic heterocycles. The maximum atomic E-state index is 12.1. The van der Waals surface area contributed by atoms with Gasteiger partial charge in [-0.15, -0.1) is 11.3 Å². The minimum atomic E-state index is -1.12. The lowest BCUT2D eigenvalue weighted by atomic mass is 10.2. The second-order valence-corrected chi connectivity index (χ2v) is 5.60. The molecule has 0 spiro atoms. The molecule has 0 saturated heterocycles. The molecule has 6 nitrogen and oxygen atoms in total.